The summed E-state index contributed by atoms with van der Waals surface area (Å²) in [6.07, 6.45) is 0.544. The normalized spacial score (nSPS) is 10.6. The highest BCUT2D eigenvalue weighted by Crippen LogP contribution is 2.19. The zero-order valence-corrected chi connectivity index (χ0v) is 12.9. The molecule has 0 radical (unpaired) electrons. The number of nitrogens with two attached hydrogens (primary N) is 1. The molecule has 1 heterocycles. The largest absolute Gasteiger partial charge is 0.416 e. The van der Waals surface area contributed by atoms with Crippen LogP contribution in [0.1, 0.15) is 17.0 Å². The topological polar surface area (TPSA) is 94.0 Å². The maximum atomic E-state index is 11.9. The van der Waals surface area contributed by atoms with Crippen LogP contribution in [-0.2, 0) is 11.2 Å². The molecule has 112 valence electrons. The van der Waals surface area contributed by atoms with Crippen LogP contribution in [0.4, 0.5) is 5.69 Å². The Morgan fingerprint density at radius 1 is 1.38 bits per heavy atom. The van der Waals surface area contributed by atoms with Gasteiger partial charge in [-0.25, -0.2) is 0 Å². The van der Waals surface area contributed by atoms with E-state index in [0.717, 1.165) is 16.8 Å². The van der Waals surface area contributed by atoms with Crippen molar-refractivity contribution in [3.05, 3.63) is 35.2 Å². The minimum absolute atomic E-state index is 0.104. The number of hydrogen-bond acceptors (Lipinski definition) is 6. The van der Waals surface area contributed by atoms with Gasteiger partial charge in [0.05, 0.1) is 5.75 Å². The van der Waals surface area contributed by atoms with Crippen LogP contribution < -0.4 is 11.1 Å². The minimum Gasteiger partial charge on any atom is -0.416 e. The number of anilines is 1. The first-order chi connectivity index (χ1) is 10.1. The van der Waals surface area contributed by atoms with E-state index in [-0.39, 0.29) is 11.7 Å². The molecule has 0 fully saturated rings. The predicted octanol–water partition coefficient (Wildman–Crippen LogP) is 1.92. The molecule has 21 heavy (non-hydrogen) atoms. The van der Waals surface area contributed by atoms with Crippen LogP contribution in [0.3, 0.4) is 0 Å². The van der Waals surface area contributed by atoms with Crippen molar-refractivity contribution in [3.8, 4) is 0 Å². The zero-order chi connectivity index (χ0) is 15.2. The van der Waals surface area contributed by atoms with E-state index >= 15 is 0 Å². The molecule has 1 aromatic heterocycles. The van der Waals surface area contributed by atoms with Gasteiger partial charge >= 0.3 is 0 Å². The van der Waals surface area contributed by atoms with E-state index < -0.39 is 0 Å². The van der Waals surface area contributed by atoms with E-state index in [9.17, 15) is 4.79 Å². The second-order valence-electron chi connectivity index (χ2n) is 4.66. The van der Waals surface area contributed by atoms with E-state index in [2.05, 4.69) is 15.5 Å². The van der Waals surface area contributed by atoms with E-state index in [1.165, 1.54) is 11.8 Å². The van der Waals surface area contributed by atoms with Crippen LogP contribution in [0.15, 0.2) is 27.8 Å². The summed E-state index contributed by atoms with van der Waals surface area (Å²) in [5, 5.41) is 11.0. The summed E-state index contributed by atoms with van der Waals surface area (Å²) in [6.45, 7) is 4.40. The van der Waals surface area contributed by atoms with E-state index in [1.54, 1.807) is 0 Å². The molecular weight excluding hydrogens is 288 g/mol. The van der Waals surface area contributed by atoms with Gasteiger partial charge in [-0.1, -0.05) is 23.9 Å². The Balaban J connectivity index is 1.88. The Bertz CT molecular complexity index is 627. The highest BCUT2D eigenvalue weighted by Gasteiger charge is 2.10. The van der Waals surface area contributed by atoms with Crippen molar-refractivity contribution >= 4 is 23.4 Å². The molecule has 0 aliphatic heterocycles. The van der Waals surface area contributed by atoms with Crippen molar-refractivity contribution < 1.29 is 9.21 Å². The average Bonchev–Trinajstić information content (AvgIpc) is 2.89. The first kappa shape index (κ1) is 15.5. The monoisotopic (exact) mass is 306 g/mol. The molecule has 0 saturated carbocycles. The summed E-state index contributed by atoms with van der Waals surface area (Å²) in [6, 6.07) is 5.94. The van der Waals surface area contributed by atoms with E-state index in [1.807, 2.05) is 32.0 Å². The Labute approximate surface area is 127 Å². The number of thioether (sulfide) groups is 1. The van der Waals surface area contributed by atoms with Crippen LogP contribution in [0.25, 0.3) is 0 Å². The lowest BCUT2D eigenvalue weighted by molar-refractivity contribution is -0.113. The Hall–Kier alpha value is -1.86. The number of rotatable bonds is 6. The lowest BCUT2D eigenvalue weighted by Gasteiger charge is -2.08. The van der Waals surface area contributed by atoms with Gasteiger partial charge in [-0.2, -0.15) is 0 Å². The molecule has 1 amide bonds. The number of aromatic nitrogens is 2. The second-order valence-corrected chi connectivity index (χ2v) is 5.58. The lowest BCUT2D eigenvalue weighted by atomic mass is 10.1. The van der Waals surface area contributed by atoms with Crippen molar-refractivity contribution in [3.63, 3.8) is 0 Å². The highest BCUT2D eigenvalue weighted by atomic mass is 32.2. The summed E-state index contributed by atoms with van der Waals surface area (Å²) in [5.41, 5.74) is 8.37. The molecule has 2 aromatic rings. The summed E-state index contributed by atoms with van der Waals surface area (Å²) < 4.78 is 5.35. The molecule has 7 heteroatoms. The lowest BCUT2D eigenvalue weighted by Crippen LogP contribution is -2.14. The molecule has 0 aliphatic carbocycles. The second kappa shape index (κ2) is 7.24. The van der Waals surface area contributed by atoms with Gasteiger partial charge in [0.1, 0.15) is 0 Å². The first-order valence-electron chi connectivity index (χ1n) is 6.61. The highest BCUT2D eigenvalue weighted by molar-refractivity contribution is 7.99. The number of aryl methyl sites for hydroxylation is 2. The van der Waals surface area contributed by atoms with E-state index in [0.29, 0.717) is 24.1 Å². The fraction of sp³-hybridized carbons (Fsp3) is 0.357. The molecule has 0 aliphatic rings. The standard InChI is InChI=1S/C14H18N4O2S/c1-9-3-4-10(2)11(7-9)16-12(19)8-21-14-18-17-13(20-14)5-6-15/h3-4,7H,5-6,8,15H2,1-2H3,(H,16,19). The third kappa shape index (κ3) is 4.57. The van der Waals surface area contributed by atoms with Gasteiger partial charge in [0.25, 0.3) is 5.22 Å². The molecule has 3 N–H and O–H groups in total. The molecule has 2 rings (SSSR count). The fourth-order valence-electron chi connectivity index (χ4n) is 1.71. The Kier molecular flexibility index (Phi) is 5.35. The van der Waals surface area contributed by atoms with Crippen molar-refractivity contribution in [1.29, 1.82) is 0 Å². The van der Waals surface area contributed by atoms with Crippen molar-refractivity contribution in [2.24, 2.45) is 5.73 Å². The molecule has 0 saturated heterocycles. The molecule has 0 unspecified atom stereocenters. The quantitative estimate of drug-likeness (QED) is 0.792. The van der Waals surface area contributed by atoms with Gasteiger partial charge < -0.3 is 15.5 Å². The number of hydrogen-bond donors (Lipinski definition) is 2. The van der Waals surface area contributed by atoms with Crippen LogP contribution in [0.2, 0.25) is 0 Å². The number of nitrogens with one attached hydrogen (secondary N) is 1. The maximum Gasteiger partial charge on any atom is 0.277 e. The van der Waals surface area contributed by atoms with Crippen LogP contribution in [-0.4, -0.2) is 28.4 Å². The average molecular weight is 306 g/mol. The third-order valence-electron chi connectivity index (χ3n) is 2.80. The molecule has 6 nitrogen and oxygen atoms in total. The fourth-order valence-corrected chi connectivity index (χ4v) is 2.29. The molecular formula is C14H18N4O2S. The Morgan fingerprint density at radius 3 is 2.95 bits per heavy atom. The SMILES string of the molecule is Cc1ccc(C)c(NC(=O)CSc2nnc(CCN)o2)c1. The number of amides is 1. The van der Waals surface area contributed by atoms with Crippen LogP contribution in [0.5, 0.6) is 0 Å². The van der Waals surface area contributed by atoms with Gasteiger partial charge in [0.2, 0.25) is 11.8 Å². The van der Waals surface area contributed by atoms with Gasteiger partial charge in [-0.05, 0) is 31.0 Å². The van der Waals surface area contributed by atoms with E-state index in [4.69, 9.17) is 10.2 Å². The summed E-state index contributed by atoms with van der Waals surface area (Å²) in [7, 11) is 0. The van der Waals surface area contributed by atoms with Crippen LogP contribution in [0, 0.1) is 13.8 Å². The van der Waals surface area contributed by atoms with Gasteiger partial charge in [-0.15, -0.1) is 10.2 Å². The predicted molar refractivity (Wildman–Crippen MR) is 82.3 cm³/mol. The van der Waals surface area contributed by atoms with Crippen molar-refractivity contribution in [2.75, 3.05) is 17.6 Å². The summed E-state index contributed by atoms with van der Waals surface area (Å²) in [4.78, 5) is 11.9. The van der Waals surface area contributed by atoms with Gasteiger partial charge in [0, 0.05) is 18.7 Å². The number of carbonyl (C=O) groups excluding carboxylic acids is 1. The maximum absolute atomic E-state index is 11.9. The number of nitrogens with zero attached hydrogens (tertiary/aromatic N) is 2. The molecule has 0 bridgehead atoms. The summed E-state index contributed by atoms with van der Waals surface area (Å²) >= 11 is 1.21. The third-order valence-corrected chi connectivity index (χ3v) is 3.62. The van der Waals surface area contributed by atoms with Crippen molar-refractivity contribution in [2.45, 2.75) is 25.5 Å². The minimum atomic E-state index is -0.104. The number of benzene rings is 1. The Morgan fingerprint density at radius 2 is 2.19 bits per heavy atom. The molecule has 1 aromatic carbocycles. The first-order valence-corrected chi connectivity index (χ1v) is 7.59. The summed E-state index contributed by atoms with van der Waals surface area (Å²) in [5.74, 6) is 0.611. The smallest absolute Gasteiger partial charge is 0.277 e. The molecule has 0 spiro atoms. The van der Waals surface area contributed by atoms with Crippen molar-refractivity contribution in [1.82, 2.24) is 10.2 Å². The molecule has 0 atom stereocenters. The number of carbonyl (C=O) groups is 1. The van der Waals surface area contributed by atoms with Gasteiger partial charge in [-0.3, -0.25) is 4.79 Å². The van der Waals surface area contributed by atoms with Gasteiger partial charge in [0.15, 0.2) is 0 Å². The zero-order valence-electron chi connectivity index (χ0n) is 12.0. The van der Waals surface area contributed by atoms with Crippen LogP contribution >= 0.6 is 11.8 Å².